The number of esters is 1. The molecule has 1 heterocycles. The van der Waals surface area contributed by atoms with Gasteiger partial charge in [-0.25, -0.2) is 4.79 Å². The highest BCUT2D eigenvalue weighted by Crippen LogP contribution is 2.36. The SMILES string of the molecule is COc1cccc(OC)c1C(=O)Oc1ccc2c(c1)O/C(=C/c1ccccc1C)C2=O. The van der Waals surface area contributed by atoms with E-state index in [0.717, 1.165) is 11.1 Å². The molecule has 31 heavy (non-hydrogen) atoms. The number of carbonyl (C=O) groups is 2. The molecule has 0 amide bonds. The zero-order chi connectivity index (χ0) is 22.0. The van der Waals surface area contributed by atoms with Crippen molar-refractivity contribution >= 4 is 17.8 Å². The third-order valence-corrected chi connectivity index (χ3v) is 4.96. The van der Waals surface area contributed by atoms with Crippen molar-refractivity contribution in [2.75, 3.05) is 14.2 Å². The van der Waals surface area contributed by atoms with Crippen molar-refractivity contribution in [3.05, 3.63) is 88.7 Å². The predicted octanol–water partition coefficient (Wildman–Crippen LogP) is 4.85. The summed E-state index contributed by atoms with van der Waals surface area (Å²) in [7, 11) is 2.92. The fourth-order valence-corrected chi connectivity index (χ4v) is 3.33. The number of carbonyl (C=O) groups excluding carboxylic acids is 2. The molecule has 156 valence electrons. The Bertz CT molecular complexity index is 1190. The Labute approximate surface area is 179 Å². The quantitative estimate of drug-likeness (QED) is 0.336. The highest BCUT2D eigenvalue weighted by atomic mass is 16.5. The number of allylic oxidation sites excluding steroid dienone is 1. The number of rotatable bonds is 5. The molecule has 4 rings (SSSR count). The number of ketones is 1. The van der Waals surface area contributed by atoms with Crippen LogP contribution in [-0.4, -0.2) is 26.0 Å². The average Bonchev–Trinajstić information content (AvgIpc) is 3.09. The summed E-state index contributed by atoms with van der Waals surface area (Å²) in [6, 6.07) is 17.4. The number of aryl methyl sites for hydroxylation is 1. The van der Waals surface area contributed by atoms with E-state index in [4.69, 9.17) is 18.9 Å². The maximum atomic E-state index is 12.8. The van der Waals surface area contributed by atoms with Gasteiger partial charge >= 0.3 is 5.97 Å². The first-order valence-electron chi connectivity index (χ1n) is 9.59. The van der Waals surface area contributed by atoms with E-state index in [1.165, 1.54) is 20.3 Å². The lowest BCUT2D eigenvalue weighted by atomic mass is 10.1. The molecule has 0 aliphatic carbocycles. The van der Waals surface area contributed by atoms with Crippen molar-refractivity contribution in [1.29, 1.82) is 0 Å². The molecule has 0 N–H and O–H groups in total. The van der Waals surface area contributed by atoms with Crippen LogP contribution in [0.1, 0.15) is 31.8 Å². The molecule has 0 saturated carbocycles. The van der Waals surface area contributed by atoms with Crippen LogP contribution in [-0.2, 0) is 0 Å². The molecule has 0 bridgehead atoms. The standard InChI is InChI=1S/C25H20O6/c1-15-7-4-5-8-16(15)13-22-24(26)18-12-11-17(14-21(18)31-22)30-25(27)23-19(28-2)9-6-10-20(23)29-3/h4-14H,1-3H3/b22-13+. The molecule has 3 aromatic carbocycles. The van der Waals surface area contributed by atoms with Gasteiger partial charge in [-0.2, -0.15) is 0 Å². The van der Waals surface area contributed by atoms with E-state index in [0.29, 0.717) is 22.8 Å². The maximum absolute atomic E-state index is 12.8. The van der Waals surface area contributed by atoms with Gasteiger partial charge in [0.2, 0.25) is 5.78 Å². The van der Waals surface area contributed by atoms with Crippen LogP contribution in [0.15, 0.2) is 66.4 Å². The number of fused-ring (bicyclic) bond motifs is 1. The van der Waals surface area contributed by atoms with Gasteiger partial charge in [-0.1, -0.05) is 30.3 Å². The van der Waals surface area contributed by atoms with Gasteiger partial charge in [0.15, 0.2) is 5.76 Å². The minimum Gasteiger partial charge on any atom is -0.496 e. The number of Topliss-reactive ketones (excluding diaryl/α,β-unsaturated/α-hetero) is 1. The Kier molecular flexibility index (Phi) is 5.45. The number of methoxy groups -OCH3 is 2. The summed E-state index contributed by atoms with van der Waals surface area (Å²) in [4.78, 5) is 25.5. The van der Waals surface area contributed by atoms with Crippen molar-refractivity contribution in [2.24, 2.45) is 0 Å². The summed E-state index contributed by atoms with van der Waals surface area (Å²) < 4.78 is 21.8. The molecule has 0 saturated heterocycles. The Hall–Kier alpha value is -4.06. The van der Waals surface area contributed by atoms with Crippen LogP contribution in [0.25, 0.3) is 6.08 Å². The van der Waals surface area contributed by atoms with Crippen LogP contribution in [0.5, 0.6) is 23.0 Å². The third-order valence-electron chi connectivity index (χ3n) is 4.96. The second-order valence-electron chi connectivity index (χ2n) is 6.88. The maximum Gasteiger partial charge on any atom is 0.351 e. The molecule has 0 spiro atoms. The average molecular weight is 416 g/mol. The van der Waals surface area contributed by atoms with Crippen LogP contribution in [0.2, 0.25) is 0 Å². The van der Waals surface area contributed by atoms with Gasteiger partial charge < -0.3 is 18.9 Å². The Morgan fingerprint density at radius 2 is 1.65 bits per heavy atom. The van der Waals surface area contributed by atoms with E-state index in [1.54, 1.807) is 36.4 Å². The Morgan fingerprint density at radius 3 is 2.32 bits per heavy atom. The molecule has 1 aliphatic heterocycles. The van der Waals surface area contributed by atoms with Gasteiger partial charge in [-0.3, -0.25) is 4.79 Å². The van der Waals surface area contributed by atoms with E-state index in [1.807, 2.05) is 31.2 Å². The first-order chi connectivity index (χ1) is 15.0. The first kappa shape index (κ1) is 20.2. The smallest absolute Gasteiger partial charge is 0.351 e. The summed E-state index contributed by atoms with van der Waals surface area (Å²) in [5, 5.41) is 0. The van der Waals surface area contributed by atoms with E-state index in [-0.39, 0.29) is 22.9 Å². The van der Waals surface area contributed by atoms with Gasteiger partial charge in [0.1, 0.15) is 28.6 Å². The highest BCUT2D eigenvalue weighted by molar-refractivity contribution is 6.14. The van der Waals surface area contributed by atoms with Crippen LogP contribution in [0, 0.1) is 6.92 Å². The largest absolute Gasteiger partial charge is 0.496 e. The van der Waals surface area contributed by atoms with Crippen molar-refractivity contribution in [1.82, 2.24) is 0 Å². The summed E-state index contributed by atoms with van der Waals surface area (Å²) in [6.07, 6.45) is 1.71. The van der Waals surface area contributed by atoms with Crippen molar-refractivity contribution in [3.8, 4) is 23.0 Å². The summed E-state index contributed by atoms with van der Waals surface area (Å²) in [5.41, 5.74) is 2.51. The second-order valence-corrected chi connectivity index (χ2v) is 6.88. The Balaban J connectivity index is 1.60. The molecule has 0 aromatic heterocycles. The molecule has 1 aliphatic rings. The monoisotopic (exact) mass is 416 g/mol. The van der Waals surface area contributed by atoms with E-state index in [9.17, 15) is 9.59 Å². The van der Waals surface area contributed by atoms with Gasteiger partial charge in [0.05, 0.1) is 19.8 Å². The van der Waals surface area contributed by atoms with Gasteiger partial charge in [-0.15, -0.1) is 0 Å². The zero-order valence-electron chi connectivity index (χ0n) is 17.3. The molecule has 0 fully saturated rings. The summed E-state index contributed by atoms with van der Waals surface area (Å²) >= 11 is 0. The normalized spacial score (nSPS) is 13.5. The lowest BCUT2D eigenvalue weighted by Crippen LogP contribution is -2.12. The number of benzene rings is 3. The number of hydrogen-bond donors (Lipinski definition) is 0. The first-order valence-corrected chi connectivity index (χ1v) is 9.59. The molecular formula is C25H20O6. The van der Waals surface area contributed by atoms with E-state index in [2.05, 4.69) is 0 Å². The molecule has 0 radical (unpaired) electrons. The predicted molar refractivity (Wildman–Crippen MR) is 115 cm³/mol. The molecular weight excluding hydrogens is 396 g/mol. The van der Waals surface area contributed by atoms with Crippen LogP contribution < -0.4 is 18.9 Å². The van der Waals surface area contributed by atoms with Crippen LogP contribution in [0.3, 0.4) is 0 Å². The minimum atomic E-state index is -0.644. The van der Waals surface area contributed by atoms with Gasteiger partial charge in [-0.05, 0) is 48.4 Å². The van der Waals surface area contributed by atoms with Gasteiger partial charge in [0.25, 0.3) is 0 Å². The lowest BCUT2D eigenvalue weighted by molar-refractivity contribution is 0.0727. The van der Waals surface area contributed by atoms with Crippen molar-refractivity contribution in [3.63, 3.8) is 0 Å². The van der Waals surface area contributed by atoms with Crippen LogP contribution in [0.4, 0.5) is 0 Å². The molecule has 6 heteroatoms. The summed E-state index contributed by atoms with van der Waals surface area (Å²) in [5.74, 6) is 0.598. The second kappa shape index (κ2) is 8.36. The van der Waals surface area contributed by atoms with Crippen LogP contribution >= 0.6 is 0 Å². The fourth-order valence-electron chi connectivity index (χ4n) is 3.33. The third kappa shape index (κ3) is 3.88. The molecule has 0 atom stereocenters. The van der Waals surface area contributed by atoms with E-state index >= 15 is 0 Å². The minimum absolute atomic E-state index is 0.171. The summed E-state index contributed by atoms with van der Waals surface area (Å²) in [6.45, 7) is 1.96. The molecule has 0 unspecified atom stereocenters. The van der Waals surface area contributed by atoms with Crippen molar-refractivity contribution < 1.29 is 28.5 Å². The van der Waals surface area contributed by atoms with Crippen molar-refractivity contribution in [2.45, 2.75) is 6.92 Å². The topological polar surface area (TPSA) is 71.1 Å². The highest BCUT2D eigenvalue weighted by Gasteiger charge is 2.29. The van der Waals surface area contributed by atoms with Gasteiger partial charge in [0, 0.05) is 6.07 Å². The lowest BCUT2D eigenvalue weighted by Gasteiger charge is -2.12. The zero-order valence-corrected chi connectivity index (χ0v) is 17.3. The number of hydrogen-bond acceptors (Lipinski definition) is 6. The number of ether oxygens (including phenoxy) is 4. The Morgan fingerprint density at radius 1 is 0.935 bits per heavy atom. The molecule has 3 aromatic rings. The van der Waals surface area contributed by atoms with E-state index < -0.39 is 5.97 Å². The fraction of sp³-hybridized carbons (Fsp3) is 0.120. The molecule has 6 nitrogen and oxygen atoms in total.